The molecule has 0 saturated carbocycles. The first-order valence-corrected chi connectivity index (χ1v) is 7.15. The number of para-hydroxylation sites is 1. The summed E-state index contributed by atoms with van der Waals surface area (Å²) in [6, 6.07) is 8.92. The van der Waals surface area contributed by atoms with Crippen molar-refractivity contribution in [1.82, 2.24) is 4.90 Å². The summed E-state index contributed by atoms with van der Waals surface area (Å²) in [5.41, 5.74) is 0.417. The molecule has 1 heterocycles. The van der Waals surface area contributed by atoms with E-state index in [-0.39, 0.29) is 11.8 Å². The fourth-order valence-electron chi connectivity index (χ4n) is 2.54. The molecule has 1 aromatic carbocycles. The number of amides is 1. The summed E-state index contributed by atoms with van der Waals surface area (Å²) in [4.78, 5) is 14.1. The van der Waals surface area contributed by atoms with Crippen LogP contribution in [0.15, 0.2) is 24.3 Å². The molecule has 0 radical (unpaired) electrons. The molecule has 1 amide bonds. The van der Waals surface area contributed by atoms with Gasteiger partial charge in [-0.3, -0.25) is 4.79 Å². The summed E-state index contributed by atoms with van der Waals surface area (Å²) in [6.45, 7) is 4.64. The average Bonchev–Trinajstić information content (AvgIpc) is 2.97. The molecule has 0 bridgehead atoms. The minimum Gasteiger partial charge on any atom is -0.480 e. The number of aliphatic hydroxyl groups excluding tert-OH is 1. The zero-order valence-electron chi connectivity index (χ0n) is 12.3. The summed E-state index contributed by atoms with van der Waals surface area (Å²) in [5, 5.41) is 18.6. The van der Waals surface area contributed by atoms with Crippen LogP contribution in [-0.2, 0) is 4.79 Å². The number of nitrogens with zero attached hydrogens (tertiary/aromatic N) is 2. The Morgan fingerprint density at radius 3 is 2.81 bits per heavy atom. The molecule has 1 aromatic rings. The zero-order valence-corrected chi connectivity index (χ0v) is 12.3. The van der Waals surface area contributed by atoms with Crippen molar-refractivity contribution in [3.8, 4) is 11.8 Å². The lowest BCUT2D eigenvalue weighted by Crippen LogP contribution is -2.39. The largest absolute Gasteiger partial charge is 0.480 e. The van der Waals surface area contributed by atoms with Crippen LogP contribution in [-0.4, -0.2) is 41.2 Å². The van der Waals surface area contributed by atoms with Crippen molar-refractivity contribution in [2.75, 3.05) is 13.1 Å². The van der Waals surface area contributed by atoms with Crippen LogP contribution in [0.1, 0.15) is 25.8 Å². The smallest absolute Gasteiger partial charge is 0.263 e. The van der Waals surface area contributed by atoms with Gasteiger partial charge in [-0.25, -0.2) is 0 Å². The van der Waals surface area contributed by atoms with Crippen molar-refractivity contribution < 1.29 is 14.6 Å². The van der Waals surface area contributed by atoms with Crippen LogP contribution in [0.25, 0.3) is 0 Å². The van der Waals surface area contributed by atoms with E-state index < -0.39 is 12.2 Å². The van der Waals surface area contributed by atoms with Gasteiger partial charge in [-0.15, -0.1) is 0 Å². The summed E-state index contributed by atoms with van der Waals surface area (Å²) < 4.78 is 5.63. The number of nitriles is 1. The van der Waals surface area contributed by atoms with E-state index in [1.165, 1.54) is 0 Å². The fourth-order valence-corrected chi connectivity index (χ4v) is 2.54. The number of carbonyl (C=O) groups excluding carboxylic acids is 1. The summed E-state index contributed by atoms with van der Waals surface area (Å²) in [6.07, 6.45) is -0.240. The normalized spacial score (nSPS) is 20.7. The second-order valence-electron chi connectivity index (χ2n) is 5.44. The van der Waals surface area contributed by atoms with Gasteiger partial charge in [0.05, 0.1) is 11.7 Å². The van der Waals surface area contributed by atoms with E-state index >= 15 is 0 Å². The Hall–Kier alpha value is -2.06. The molecule has 1 aliphatic heterocycles. The molecule has 3 unspecified atom stereocenters. The molecule has 21 heavy (non-hydrogen) atoms. The van der Waals surface area contributed by atoms with E-state index in [0.29, 0.717) is 24.4 Å². The van der Waals surface area contributed by atoms with Crippen LogP contribution in [0.4, 0.5) is 0 Å². The van der Waals surface area contributed by atoms with Crippen molar-refractivity contribution >= 4 is 5.91 Å². The van der Waals surface area contributed by atoms with Crippen LogP contribution >= 0.6 is 0 Å². The highest BCUT2D eigenvalue weighted by Crippen LogP contribution is 2.22. The molecular formula is C16H20N2O3. The predicted octanol–water partition coefficient (Wildman–Crippen LogP) is 1.55. The first kappa shape index (κ1) is 15.3. The maximum Gasteiger partial charge on any atom is 0.263 e. The van der Waals surface area contributed by atoms with Gasteiger partial charge in [-0.2, -0.15) is 5.26 Å². The highest BCUT2D eigenvalue weighted by molar-refractivity contribution is 5.81. The molecule has 2 rings (SSSR count). The lowest BCUT2D eigenvalue weighted by Gasteiger charge is -2.22. The van der Waals surface area contributed by atoms with Crippen LogP contribution in [0.5, 0.6) is 5.75 Å². The Labute approximate surface area is 124 Å². The maximum atomic E-state index is 12.4. The fraction of sp³-hybridized carbons (Fsp3) is 0.500. The molecule has 1 N–H and O–H groups in total. The third-order valence-electron chi connectivity index (χ3n) is 3.88. The van der Waals surface area contributed by atoms with Crippen LogP contribution < -0.4 is 4.74 Å². The molecule has 5 nitrogen and oxygen atoms in total. The Morgan fingerprint density at radius 2 is 2.19 bits per heavy atom. The van der Waals surface area contributed by atoms with E-state index in [4.69, 9.17) is 10.00 Å². The molecule has 0 aliphatic carbocycles. The van der Waals surface area contributed by atoms with Crippen molar-refractivity contribution in [3.63, 3.8) is 0 Å². The lowest BCUT2D eigenvalue weighted by atomic mass is 10.0. The van der Waals surface area contributed by atoms with Crippen molar-refractivity contribution in [2.45, 2.75) is 32.5 Å². The number of hydrogen-bond donors (Lipinski definition) is 1. The maximum absolute atomic E-state index is 12.4. The molecule has 1 saturated heterocycles. The second-order valence-corrected chi connectivity index (χ2v) is 5.44. The monoisotopic (exact) mass is 288 g/mol. The van der Waals surface area contributed by atoms with Crippen molar-refractivity contribution in [2.24, 2.45) is 5.92 Å². The molecule has 1 aliphatic rings. The molecule has 1 fully saturated rings. The SMILES string of the molecule is CC(Oc1ccccc1C#N)C(=O)N1CCC(C(C)O)C1. The number of carbonyl (C=O) groups is 1. The molecule has 5 heteroatoms. The molecule has 0 aromatic heterocycles. The first-order chi connectivity index (χ1) is 10.0. The summed E-state index contributed by atoms with van der Waals surface area (Å²) in [7, 11) is 0. The number of ether oxygens (including phenoxy) is 1. The third-order valence-corrected chi connectivity index (χ3v) is 3.88. The third kappa shape index (κ3) is 3.53. The number of aliphatic hydroxyl groups is 1. The van der Waals surface area contributed by atoms with E-state index in [0.717, 1.165) is 6.42 Å². The highest BCUT2D eigenvalue weighted by Gasteiger charge is 2.32. The van der Waals surface area contributed by atoms with Crippen molar-refractivity contribution in [1.29, 1.82) is 5.26 Å². The molecular weight excluding hydrogens is 268 g/mol. The minimum absolute atomic E-state index is 0.106. The van der Waals surface area contributed by atoms with Gasteiger partial charge in [0.2, 0.25) is 0 Å². The number of likely N-dealkylation sites (tertiary alicyclic amines) is 1. The molecule has 0 spiro atoms. The number of rotatable bonds is 4. The van der Waals surface area contributed by atoms with Crippen LogP contribution in [0.2, 0.25) is 0 Å². The van der Waals surface area contributed by atoms with Gasteiger partial charge in [0, 0.05) is 19.0 Å². The summed E-state index contributed by atoms with van der Waals surface area (Å²) >= 11 is 0. The minimum atomic E-state index is -0.646. The van der Waals surface area contributed by atoms with E-state index in [9.17, 15) is 9.90 Å². The van der Waals surface area contributed by atoms with Gasteiger partial charge in [0.1, 0.15) is 11.8 Å². The molecule has 3 atom stereocenters. The standard InChI is InChI=1S/C16H20N2O3/c1-11(19)14-7-8-18(10-14)16(20)12(2)21-15-6-4-3-5-13(15)9-17/h3-6,11-12,14,19H,7-8,10H2,1-2H3. The van der Waals surface area contributed by atoms with Gasteiger partial charge in [0.15, 0.2) is 6.10 Å². The Kier molecular flexibility index (Phi) is 4.81. The highest BCUT2D eigenvalue weighted by atomic mass is 16.5. The van der Waals surface area contributed by atoms with Crippen molar-refractivity contribution in [3.05, 3.63) is 29.8 Å². The average molecular weight is 288 g/mol. The Bertz CT molecular complexity index is 551. The van der Waals surface area contributed by atoms with E-state index in [2.05, 4.69) is 0 Å². The van der Waals surface area contributed by atoms with Gasteiger partial charge in [0.25, 0.3) is 5.91 Å². The van der Waals surface area contributed by atoms with Crippen LogP contribution in [0, 0.1) is 17.2 Å². The predicted molar refractivity (Wildman–Crippen MR) is 77.6 cm³/mol. The number of hydrogen-bond acceptors (Lipinski definition) is 4. The quantitative estimate of drug-likeness (QED) is 0.912. The van der Waals surface area contributed by atoms with E-state index in [1.54, 1.807) is 43.0 Å². The van der Waals surface area contributed by atoms with Gasteiger partial charge >= 0.3 is 0 Å². The molecule has 112 valence electrons. The van der Waals surface area contributed by atoms with E-state index in [1.807, 2.05) is 6.07 Å². The lowest BCUT2D eigenvalue weighted by molar-refractivity contribution is -0.137. The Balaban J connectivity index is 1.99. The van der Waals surface area contributed by atoms with Gasteiger partial charge in [-0.1, -0.05) is 12.1 Å². The summed E-state index contributed by atoms with van der Waals surface area (Å²) in [5.74, 6) is 0.450. The second kappa shape index (κ2) is 6.59. The zero-order chi connectivity index (χ0) is 15.4. The van der Waals surface area contributed by atoms with Gasteiger partial charge in [-0.05, 0) is 32.4 Å². The van der Waals surface area contributed by atoms with Crippen LogP contribution in [0.3, 0.4) is 0 Å². The Morgan fingerprint density at radius 1 is 1.48 bits per heavy atom. The topological polar surface area (TPSA) is 73.6 Å². The first-order valence-electron chi connectivity index (χ1n) is 7.15. The number of benzene rings is 1. The van der Waals surface area contributed by atoms with Gasteiger partial charge < -0.3 is 14.7 Å².